The van der Waals surface area contributed by atoms with Crippen LogP contribution in [-0.2, 0) is 6.42 Å². The first-order valence-electron chi connectivity index (χ1n) is 7.06. The summed E-state index contributed by atoms with van der Waals surface area (Å²) in [6.07, 6.45) is 4.89. The van der Waals surface area contributed by atoms with E-state index in [4.69, 9.17) is 28.3 Å². The van der Waals surface area contributed by atoms with Gasteiger partial charge < -0.3 is 5.32 Å². The highest BCUT2D eigenvalue weighted by Crippen LogP contribution is 2.42. The average molecular weight is 308 g/mol. The third-order valence-electron chi connectivity index (χ3n) is 4.33. The number of anilines is 1. The Labute approximate surface area is 127 Å². The highest BCUT2D eigenvalue weighted by molar-refractivity contribution is 6.43. The molecule has 1 aliphatic carbocycles. The molecule has 5 heteroatoms. The topological polar surface area (TPSA) is 29.9 Å². The fraction of sp³-hybridized carbons (Fsp3) is 0.400. The van der Waals surface area contributed by atoms with Gasteiger partial charge in [-0.05, 0) is 31.4 Å². The van der Waals surface area contributed by atoms with Gasteiger partial charge in [0.1, 0.15) is 5.82 Å². The van der Waals surface area contributed by atoms with Crippen LogP contribution in [0.1, 0.15) is 36.4 Å². The Morgan fingerprint density at radius 1 is 1.25 bits per heavy atom. The van der Waals surface area contributed by atoms with Crippen LogP contribution in [0.4, 0.5) is 5.82 Å². The summed E-state index contributed by atoms with van der Waals surface area (Å²) < 4.78 is 1.93. The molecule has 1 fully saturated rings. The molecule has 0 radical (unpaired) electrons. The van der Waals surface area contributed by atoms with E-state index in [0.717, 1.165) is 24.5 Å². The first-order chi connectivity index (χ1) is 9.75. The standard InChI is InChI=1S/C15H15Cl2N3/c16-11-5-2-6-12(13(11)17)20-15-10(7-8-18-15)14(19-20)9-3-1-4-9/h2,5-6,9,18H,1,3-4,7-8H2. The molecule has 1 aromatic heterocycles. The Kier molecular flexibility index (Phi) is 2.93. The van der Waals surface area contributed by atoms with Crippen molar-refractivity contribution in [1.29, 1.82) is 0 Å². The second-order valence-corrected chi connectivity index (χ2v) is 6.29. The molecule has 0 unspecified atom stereocenters. The predicted molar refractivity (Wildman–Crippen MR) is 82.4 cm³/mol. The zero-order chi connectivity index (χ0) is 13.7. The molecule has 104 valence electrons. The molecular formula is C15H15Cl2N3. The number of halogens is 2. The van der Waals surface area contributed by atoms with Crippen molar-refractivity contribution in [2.24, 2.45) is 0 Å². The maximum Gasteiger partial charge on any atom is 0.133 e. The molecule has 0 saturated heterocycles. The molecule has 3 nitrogen and oxygen atoms in total. The van der Waals surface area contributed by atoms with E-state index >= 15 is 0 Å². The summed E-state index contributed by atoms with van der Waals surface area (Å²) in [4.78, 5) is 0. The van der Waals surface area contributed by atoms with Gasteiger partial charge in [0.25, 0.3) is 0 Å². The van der Waals surface area contributed by atoms with E-state index in [9.17, 15) is 0 Å². The first-order valence-corrected chi connectivity index (χ1v) is 7.81. The zero-order valence-electron chi connectivity index (χ0n) is 11.0. The lowest BCUT2D eigenvalue weighted by molar-refractivity contribution is 0.407. The van der Waals surface area contributed by atoms with Crippen molar-refractivity contribution >= 4 is 29.0 Å². The van der Waals surface area contributed by atoms with Gasteiger partial charge in [-0.3, -0.25) is 0 Å². The molecule has 0 spiro atoms. The summed E-state index contributed by atoms with van der Waals surface area (Å²) in [6, 6.07) is 5.68. The number of rotatable bonds is 2. The number of hydrogen-bond acceptors (Lipinski definition) is 2. The minimum absolute atomic E-state index is 0.563. The number of nitrogens with one attached hydrogen (secondary N) is 1. The SMILES string of the molecule is Clc1cccc(-n2nc(C3CCC3)c3c2NCC3)c1Cl. The molecule has 2 aromatic rings. The molecular weight excluding hydrogens is 293 g/mol. The van der Waals surface area contributed by atoms with Gasteiger partial charge in [-0.15, -0.1) is 0 Å². The van der Waals surface area contributed by atoms with E-state index < -0.39 is 0 Å². The van der Waals surface area contributed by atoms with Gasteiger partial charge in [-0.1, -0.05) is 35.7 Å². The van der Waals surface area contributed by atoms with Crippen molar-refractivity contribution in [1.82, 2.24) is 9.78 Å². The van der Waals surface area contributed by atoms with Crippen LogP contribution in [0.2, 0.25) is 10.0 Å². The van der Waals surface area contributed by atoms with Crippen LogP contribution in [-0.4, -0.2) is 16.3 Å². The highest BCUT2D eigenvalue weighted by Gasteiger charge is 2.31. The maximum absolute atomic E-state index is 6.35. The molecule has 0 amide bonds. The smallest absolute Gasteiger partial charge is 0.133 e. The van der Waals surface area contributed by atoms with Crippen molar-refractivity contribution in [3.05, 3.63) is 39.5 Å². The Balaban J connectivity index is 1.88. The summed E-state index contributed by atoms with van der Waals surface area (Å²) in [5.41, 5.74) is 3.48. The number of hydrogen-bond donors (Lipinski definition) is 1. The number of fused-ring (bicyclic) bond motifs is 1. The highest BCUT2D eigenvalue weighted by atomic mass is 35.5. The quantitative estimate of drug-likeness (QED) is 0.890. The molecule has 1 aliphatic heterocycles. The number of benzene rings is 1. The van der Waals surface area contributed by atoms with Crippen LogP contribution in [0.25, 0.3) is 5.69 Å². The largest absolute Gasteiger partial charge is 0.369 e. The van der Waals surface area contributed by atoms with Gasteiger partial charge in [0.2, 0.25) is 0 Å². The first kappa shape index (κ1) is 12.5. The van der Waals surface area contributed by atoms with Crippen molar-refractivity contribution in [3.63, 3.8) is 0 Å². The van der Waals surface area contributed by atoms with Gasteiger partial charge in [0.05, 0.1) is 21.4 Å². The molecule has 1 N–H and O–H groups in total. The Hall–Kier alpha value is -1.19. The third kappa shape index (κ3) is 1.76. The van der Waals surface area contributed by atoms with E-state index in [-0.39, 0.29) is 0 Å². The maximum atomic E-state index is 6.35. The molecule has 1 saturated carbocycles. The summed E-state index contributed by atoms with van der Waals surface area (Å²) in [5, 5.41) is 9.40. The van der Waals surface area contributed by atoms with E-state index in [0.29, 0.717) is 16.0 Å². The second-order valence-electron chi connectivity index (χ2n) is 5.50. The molecule has 2 aliphatic rings. The lowest BCUT2D eigenvalue weighted by atomic mass is 9.81. The Bertz CT molecular complexity index is 674. The minimum Gasteiger partial charge on any atom is -0.369 e. The van der Waals surface area contributed by atoms with Crippen molar-refractivity contribution < 1.29 is 0 Å². The van der Waals surface area contributed by atoms with E-state index in [1.807, 2.05) is 16.8 Å². The molecule has 20 heavy (non-hydrogen) atoms. The molecule has 4 rings (SSSR count). The summed E-state index contributed by atoms with van der Waals surface area (Å²) in [6.45, 7) is 0.977. The third-order valence-corrected chi connectivity index (χ3v) is 5.14. The van der Waals surface area contributed by atoms with Crippen LogP contribution >= 0.6 is 23.2 Å². The van der Waals surface area contributed by atoms with Gasteiger partial charge in [-0.25, -0.2) is 4.68 Å². The summed E-state index contributed by atoms with van der Waals surface area (Å²) in [7, 11) is 0. The number of aromatic nitrogens is 2. The normalized spacial score (nSPS) is 17.7. The molecule has 1 aromatic carbocycles. The monoisotopic (exact) mass is 307 g/mol. The van der Waals surface area contributed by atoms with Crippen LogP contribution in [0.3, 0.4) is 0 Å². The molecule has 0 bridgehead atoms. The van der Waals surface area contributed by atoms with Crippen molar-refractivity contribution in [2.45, 2.75) is 31.6 Å². The second kappa shape index (κ2) is 4.68. The summed E-state index contributed by atoms with van der Waals surface area (Å²) >= 11 is 12.5. The van der Waals surface area contributed by atoms with Crippen LogP contribution in [0, 0.1) is 0 Å². The van der Waals surface area contributed by atoms with E-state index in [2.05, 4.69) is 5.32 Å². The van der Waals surface area contributed by atoms with E-state index in [1.165, 1.54) is 30.5 Å². The Morgan fingerprint density at radius 3 is 2.85 bits per heavy atom. The predicted octanol–water partition coefficient (Wildman–Crippen LogP) is 4.41. The van der Waals surface area contributed by atoms with Gasteiger partial charge in [0, 0.05) is 18.0 Å². The lowest BCUT2D eigenvalue weighted by Gasteiger charge is -2.24. The Morgan fingerprint density at radius 2 is 2.10 bits per heavy atom. The average Bonchev–Trinajstić information content (AvgIpc) is 2.95. The van der Waals surface area contributed by atoms with Crippen molar-refractivity contribution in [2.75, 3.05) is 11.9 Å². The van der Waals surface area contributed by atoms with Gasteiger partial charge in [-0.2, -0.15) is 5.10 Å². The summed E-state index contributed by atoms with van der Waals surface area (Å²) in [5.74, 6) is 1.72. The molecule has 0 atom stereocenters. The van der Waals surface area contributed by atoms with Gasteiger partial charge in [0.15, 0.2) is 0 Å². The molecule has 2 heterocycles. The van der Waals surface area contributed by atoms with Crippen LogP contribution < -0.4 is 5.32 Å². The van der Waals surface area contributed by atoms with E-state index in [1.54, 1.807) is 6.07 Å². The fourth-order valence-electron chi connectivity index (χ4n) is 3.04. The zero-order valence-corrected chi connectivity index (χ0v) is 12.5. The van der Waals surface area contributed by atoms with Crippen molar-refractivity contribution in [3.8, 4) is 5.69 Å². The van der Waals surface area contributed by atoms with Gasteiger partial charge >= 0.3 is 0 Å². The van der Waals surface area contributed by atoms with Crippen LogP contribution in [0.15, 0.2) is 18.2 Å². The minimum atomic E-state index is 0.563. The lowest BCUT2D eigenvalue weighted by Crippen LogP contribution is -2.12. The van der Waals surface area contributed by atoms with Crippen LogP contribution in [0.5, 0.6) is 0 Å². The number of nitrogens with zero attached hydrogens (tertiary/aromatic N) is 2. The fourth-order valence-corrected chi connectivity index (χ4v) is 3.42.